The van der Waals surface area contributed by atoms with E-state index in [2.05, 4.69) is 10.3 Å². The summed E-state index contributed by atoms with van der Waals surface area (Å²) < 4.78 is 0. The molecule has 0 saturated carbocycles. The number of carbonyl (C=O) groups is 1. The van der Waals surface area contributed by atoms with Crippen molar-refractivity contribution in [2.24, 2.45) is 0 Å². The fraction of sp³-hybridized carbons (Fsp3) is 0.200. The smallest absolute Gasteiger partial charge is 0.257 e. The summed E-state index contributed by atoms with van der Waals surface area (Å²) in [4.78, 5) is 16.2. The largest absolute Gasteiger partial charge is 0.504 e. The van der Waals surface area contributed by atoms with E-state index in [1.54, 1.807) is 12.1 Å². The summed E-state index contributed by atoms with van der Waals surface area (Å²) in [6, 6.07) is 4.87. The standard InChI is InChI=1S/C15H14Cl2N2O2/c1-3-10-11(16)6-12(14(20)13(10)17)19-15(21)9-5-4-8(2)18-7-9/h4-7,20H,3H2,1-2H3,(H,19,21). The minimum absolute atomic E-state index is 0.155. The highest BCUT2D eigenvalue weighted by atomic mass is 35.5. The van der Waals surface area contributed by atoms with Crippen LogP contribution in [0, 0.1) is 6.92 Å². The van der Waals surface area contributed by atoms with Crippen LogP contribution in [0.2, 0.25) is 10.0 Å². The molecule has 1 heterocycles. The van der Waals surface area contributed by atoms with Crippen LogP contribution in [0.25, 0.3) is 0 Å². The highest BCUT2D eigenvalue weighted by Crippen LogP contribution is 2.39. The van der Waals surface area contributed by atoms with Gasteiger partial charge in [0.05, 0.1) is 16.3 Å². The molecule has 0 unspecified atom stereocenters. The van der Waals surface area contributed by atoms with E-state index in [0.717, 1.165) is 5.69 Å². The Balaban J connectivity index is 2.31. The molecule has 2 N–H and O–H groups in total. The van der Waals surface area contributed by atoms with Crippen molar-refractivity contribution in [2.45, 2.75) is 20.3 Å². The first-order valence-corrected chi connectivity index (χ1v) is 7.13. The Morgan fingerprint density at radius 3 is 2.67 bits per heavy atom. The molecule has 0 radical (unpaired) electrons. The van der Waals surface area contributed by atoms with Gasteiger partial charge in [-0.15, -0.1) is 0 Å². The van der Waals surface area contributed by atoms with Gasteiger partial charge in [0.15, 0.2) is 5.75 Å². The monoisotopic (exact) mass is 324 g/mol. The van der Waals surface area contributed by atoms with Gasteiger partial charge in [0.1, 0.15) is 0 Å². The molecule has 0 fully saturated rings. The molecule has 0 atom stereocenters. The normalized spacial score (nSPS) is 10.5. The van der Waals surface area contributed by atoms with E-state index >= 15 is 0 Å². The first-order valence-electron chi connectivity index (χ1n) is 6.37. The summed E-state index contributed by atoms with van der Waals surface area (Å²) in [7, 11) is 0. The number of amides is 1. The van der Waals surface area contributed by atoms with Gasteiger partial charge < -0.3 is 10.4 Å². The van der Waals surface area contributed by atoms with Crippen molar-refractivity contribution < 1.29 is 9.90 Å². The molecular formula is C15H14Cl2N2O2. The Morgan fingerprint density at radius 2 is 2.10 bits per heavy atom. The number of halogens is 2. The predicted octanol–water partition coefficient (Wildman–Crippen LogP) is 4.22. The lowest BCUT2D eigenvalue weighted by atomic mass is 10.1. The minimum Gasteiger partial charge on any atom is -0.504 e. The fourth-order valence-corrected chi connectivity index (χ4v) is 2.59. The molecule has 2 rings (SSSR count). The van der Waals surface area contributed by atoms with E-state index in [4.69, 9.17) is 23.2 Å². The summed E-state index contributed by atoms with van der Waals surface area (Å²) in [6.45, 7) is 3.71. The Labute approximate surface area is 132 Å². The maximum atomic E-state index is 12.1. The van der Waals surface area contributed by atoms with Gasteiger partial charge in [-0.25, -0.2) is 0 Å². The topological polar surface area (TPSA) is 62.2 Å². The highest BCUT2D eigenvalue weighted by molar-refractivity contribution is 6.37. The van der Waals surface area contributed by atoms with Gasteiger partial charge in [-0.3, -0.25) is 9.78 Å². The Hall–Kier alpha value is -1.78. The van der Waals surface area contributed by atoms with Gasteiger partial charge >= 0.3 is 0 Å². The summed E-state index contributed by atoms with van der Waals surface area (Å²) >= 11 is 12.2. The van der Waals surface area contributed by atoms with Crippen molar-refractivity contribution in [3.05, 3.63) is 51.3 Å². The molecular weight excluding hydrogens is 311 g/mol. The number of nitrogens with one attached hydrogen (secondary N) is 1. The van der Waals surface area contributed by atoms with Crippen LogP contribution in [0.4, 0.5) is 5.69 Å². The molecule has 2 aromatic rings. The zero-order valence-electron chi connectivity index (χ0n) is 11.6. The quantitative estimate of drug-likeness (QED) is 0.831. The first kappa shape index (κ1) is 15.6. The van der Waals surface area contributed by atoms with E-state index in [-0.39, 0.29) is 16.5 Å². The number of benzene rings is 1. The van der Waals surface area contributed by atoms with Crippen LogP contribution in [-0.2, 0) is 6.42 Å². The fourth-order valence-electron chi connectivity index (χ4n) is 1.86. The van der Waals surface area contributed by atoms with Crippen LogP contribution < -0.4 is 5.32 Å². The highest BCUT2D eigenvalue weighted by Gasteiger charge is 2.16. The Bertz CT molecular complexity index is 685. The van der Waals surface area contributed by atoms with Crippen molar-refractivity contribution in [3.63, 3.8) is 0 Å². The molecule has 1 amide bonds. The second kappa shape index (κ2) is 6.33. The zero-order chi connectivity index (χ0) is 15.6. The number of nitrogens with zero attached hydrogens (tertiary/aromatic N) is 1. The van der Waals surface area contributed by atoms with E-state index < -0.39 is 5.91 Å². The lowest BCUT2D eigenvalue weighted by Gasteiger charge is -2.12. The zero-order valence-corrected chi connectivity index (χ0v) is 13.1. The van der Waals surface area contributed by atoms with E-state index in [0.29, 0.717) is 22.6 Å². The summed E-state index contributed by atoms with van der Waals surface area (Å²) in [5, 5.41) is 13.2. The van der Waals surface area contributed by atoms with Crippen molar-refractivity contribution in [1.82, 2.24) is 4.98 Å². The second-order valence-electron chi connectivity index (χ2n) is 4.54. The molecule has 0 saturated heterocycles. The van der Waals surface area contributed by atoms with Gasteiger partial charge in [-0.1, -0.05) is 30.1 Å². The Morgan fingerprint density at radius 1 is 1.38 bits per heavy atom. The van der Waals surface area contributed by atoms with Crippen LogP contribution in [-0.4, -0.2) is 16.0 Å². The molecule has 21 heavy (non-hydrogen) atoms. The average molecular weight is 325 g/mol. The summed E-state index contributed by atoms with van der Waals surface area (Å²) in [5.41, 5.74) is 2.01. The van der Waals surface area contributed by atoms with Gasteiger partial charge in [0.25, 0.3) is 5.91 Å². The number of carbonyl (C=O) groups excluding carboxylic acids is 1. The van der Waals surface area contributed by atoms with Crippen LogP contribution in [0.1, 0.15) is 28.5 Å². The molecule has 4 nitrogen and oxygen atoms in total. The Kier molecular flexibility index (Phi) is 4.70. The maximum absolute atomic E-state index is 12.1. The van der Waals surface area contributed by atoms with Gasteiger partial charge in [0, 0.05) is 16.9 Å². The molecule has 0 bridgehead atoms. The second-order valence-corrected chi connectivity index (χ2v) is 5.33. The number of aryl methyl sites for hydroxylation is 1. The van der Waals surface area contributed by atoms with Crippen LogP contribution in [0.5, 0.6) is 5.75 Å². The number of rotatable bonds is 3. The number of hydrogen-bond donors (Lipinski definition) is 2. The third-order valence-corrected chi connectivity index (χ3v) is 3.81. The van der Waals surface area contributed by atoms with E-state index in [1.807, 2.05) is 13.8 Å². The van der Waals surface area contributed by atoms with Crippen molar-refractivity contribution in [1.29, 1.82) is 0 Å². The SMILES string of the molecule is CCc1c(Cl)cc(NC(=O)c2ccc(C)nc2)c(O)c1Cl. The molecule has 0 spiro atoms. The number of hydrogen-bond acceptors (Lipinski definition) is 3. The van der Waals surface area contributed by atoms with Crippen molar-refractivity contribution in [3.8, 4) is 5.75 Å². The molecule has 0 aliphatic carbocycles. The summed E-state index contributed by atoms with van der Waals surface area (Å²) in [6.07, 6.45) is 2.05. The van der Waals surface area contributed by atoms with Crippen LogP contribution in [0.15, 0.2) is 24.4 Å². The summed E-state index contributed by atoms with van der Waals surface area (Å²) in [5.74, 6) is -0.583. The van der Waals surface area contributed by atoms with Gasteiger partial charge in [-0.05, 0) is 37.1 Å². The van der Waals surface area contributed by atoms with Crippen molar-refractivity contribution >= 4 is 34.8 Å². The third kappa shape index (κ3) is 3.28. The number of phenols is 1. The average Bonchev–Trinajstić information content (AvgIpc) is 2.45. The lowest BCUT2D eigenvalue weighted by Crippen LogP contribution is -2.12. The van der Waals surface area contributed by atoms with Gasteiger partial charge in [0.2, 0.25) is 0 Å². The molecule has 110 valence electrons. The van der Waals surface area contributed by atoms with Crippen molar-refractivity contribution in [2.75, 3.05) is 5.32 Å². The van der Waals surface area contributed by atoms with Crippen LogP contribution in [0.3, 0.4) is 0 Å². The van der Waals surface area contributed by atoms with Crippen LogP contribution >= 0.6 is 23.2 Å². The number of aromatic nitrogens is 1. The van der Waals surface area contributed by atoms with E-state index in [1.165, 1.54) is 12.3 Å². The molecule has 6 heteroatoms. The van der Waals surface area contributed by atoms with Gasteiger partial charge in [-0.2, -0.15) is 0 Å². The third-order valence-electron chi connectivity index (χ3n) is 3.06. The number of aromatic hydroxyl groups is 1. The first-order chi connectivity index (χ1) is 9.93. The number of anilines is 1. The lowest BCUT2D eigenvalue weighted by molar-refractivity contribution is 0.102. The molecule has 0 aliphatic rings. The number of phenolic OH excluding ortho intramolecular Hbond substituents is 1. The maximum Gasteiger partial charge on any atom is 0.257 e. The van der Waals surface area contributed by atoms with E-state index in [9.17, 15) is 9.90 Å². The predicted molar refractivity (Wildman–Crippen MR) is 84.4 cm³/mol. The minimum atomic E-state index is -0.394. The number of pyridine rings is 1. The molecule has 1 aromatic carbocycles. The molecule has 0 aliphatic heterocycles. The molecule has 1 aromatic heterocycles.